The van der Waals surface area contributed by atoms with E-state index in [9.17, 15) is 29.1 Å². The molecule has 5 N–H and O–H groups in total. The highest BCUT2D eigenvalue weighted by atomic mass is 35.5. The number of amides is 4. The van der Waals surface area contributed by atoms with Gasteiger partial charge < -0.3 is 31.1 Å². The number of ether oxygens (including phenoxy) is 1. The van der Waals surface area contributed by atoms with Gasteiger partial charge in [0.05, 0.1) is 0 Å². The number of rotatable bonds is 9. The maximum atomic E-state index is 14.4. The molecule has 2 aliphatic heterocycles. The standard InChI is InChI=1S/C45H42Cl2N4O7/c46-34-19-18-33(36(47)26-34)25-39-44(55)50-38(23-29-11-16-32(17-12-29)31-9-5-2-6-10-31)43(54)49-37(22-15-28-7-3-1-4-8-28)42(53)51-40(45(56)57)24-30-13-20-35(21-14-30)58-27-41(52)48-39/h1-14,16-21,26,37-40H,15,22-25,27H2,(H,48,52)(H,49,54)(H,50,55)(H,51,53)(H,56,57)/t37-,38+,39-,40-/m0/s1. The van der Waals surface area contributed by atoms with Crippen LogP contribution in [0.4, 0.5) is 0 Å². The van der Waals surface area contributed by atoms with Crippen molar-refractivity contribution >= 4 is 52.8 Å². The largest absolute Gasteiger partial charge is 0.484 e. The first-order chi connectivity index (χ1) is 28.0. The lowest BCUT2D eigenvalue weighted by molar-refractivity contribution is -0.142. The van der Waals surface area contributed by atoms with Gasteiger partial charge in [-0.1, -0.05) is 126 Å². The van der Waals surface area contributed by atoms with Gasteiger partial charge in [-0.3, -0.25) is 19.2 Å². The Morgan fingerprint density at radius 1 is 0.638 bits per heavy atom. The summed E-state index contributed by atoms with van der Waals surface area (Å²) in [7, 11) is 0. The normalized spacial score (nSPS) is 19.3. The van der Waals surface area contributed by atoms with Crippen LogP contribution >= 0.6 is 23.2 Å². The summed E-state index contributed by atoms with van der Waals surface area (Å²) in [6, 6.07) is 32.9. The zero-order valence-corrected chi connectivity index (χ0v) is 32.8. The van der Waals surface area contributed by atoms with Crippen molar-refractivity contribution in [2.24, 2.45) is 0 Å². The molecule has 4 amide bonds. The first-order valence-electron chi connectivity index (χ1n) is 18.8. The summed E-state index contributed by atoms with van der Waals surface area (Å²) in [6.45, 7) is -0.452. The van der Waals surface area contributed by atoms with Crippen molar-refractivity contribution < 1.29 is 33.8 Å². The van der Waals surface area contributed by atoms with Gasteiger partial charge in [0.2, 0.25) is 17.7 Å². The summed E-state index contributed by atoms with van der Waals surface area (Å²) in [5.41, 5.74) is 4.65. The molecule has 0 spiro atoms. The molecule has 5 aromatic carbocycles. The number of hydrogen-bond acceptors (Lipinski definition) is 6. The summed E-state index contributed by atoms with van der Waals surface area (Å²) in [5.74, 6) is -3.64. The summed E-state index contributed by atoms with van der Waals surface area (Å²) in [5, 5.41) is 21.8. The fraction of sp³-hybridized carbons (Fsp3) is 0.222. The lowest BCUT2D eigenvalue weighted by Gasteiger charge is -2.26. The van der Waals surface area contributed by atoms with Gasteiger partial charge in [-0.15, -0.1) is 0 Å². The Morgan fingerprint density at radius 2 is 1.24 bits per heavy atom. The van der Waals surface area contributed by atoms with Gasteiger partial charge in [-0.2, -0.15) is 0 Å². The predicted octanol–water partition coefficient (Wildman–Crippen LogP) is 5.74. The molecular formula is C45H42Cl2N4O7. The number of carbonyl (C=O) groups excluding carboxylic acids is 4. The third-order valence-electron chi connectivity index (χ3n) is 9.77. The van der Waals surface area contributed by atoms with Crippen LogP contribution in [0.3, 0.4) is 0 Å². The molecule has 11 nitrogen and oxygen atoms in total. The molecule has 2 heterocycles. The van der Waals surface area contributed by atoms with E-state index in [1.807, 2.05) is 84.9 Å². The van der Waals surface area contributed by atoms with E-state index in [-0.39, 0.29) is 30.7 Å². The van der Waals surface area contributed by atoms with Crippen molar-refractivity contribution in [3.05, 3.63) is 160 Å². The van der Waals surface area contributed by atoms with Gasteiger partial charge in [-0.05, 0) is 70.5 Å². The molecule has 0 unspecified atom stereocenters. The van der Waals surface area contributed by atoms with Crippen LogP contribution in [0.2, 0.25) is 10.0 Å². The van der Waals surface area contributed by atoms with Crippen LogP contribution in [0, 0.1) is 0 Å². The Labute approximate surface area is 346 Å². The molecule has 298 valence electrons. The summed E-state index contributed by atoms with van der Waals surface area (Å²) in [6.07, 6.45) is 0.401. The zero-order chi connectivity index (χ0) is 41.0. The quantitative estimate of drug-likeness (QED) is 0.119. The first kappa shape index (κ1) is 41.5. The van der Waals surface area contributed by atoms with Crippen LogP contribution in [0.5, 0.6) is 5.75 Å². The monoisotopic (exact) mass is 820 g/mol. The Bertz CT molecular complexity index is 2220. The highest BCUT2D eigenvalue weighted by molar-refractivity contribution is 6.35. The maximum Gasteiger partial charge on any atom is 0.326 e. The molecule has 4 atom stereocenters. The summed E-state index contributed by atoms with van der Waals surface area (Å²) < 4.78 is 5.70. The van der Waals surface area contributed by atoms with Crippen LogP contribution in [0.1, 0.15) is 28.7 Å². The average Bonchev–Trinajstić information content (AvgIpc) is 3.22. The molecule has 2 aliphatic rings. The Hall–Kier alpha value is -6.17. The number of hydrogen-bond donors (Lipinski definition) is 5. The van der Waals surface area contributed by atoms with Crippen molar-refractivity contribution in [1.29, 1.82) is 0 Å². The number of carboxylic acid groups (broad SMARTS) is 1. The molecule has 0 radical (unpaired) electrons. The summed E-state index contributed by atoms with van der Waals surface area (Å²) in [4.78, 5) is 68.4. The van der Waals surface area contributed by atoms with Crippen molar-refractivity contribution in [2.75, 3.05) is 6.61 Å². The van der Waals surface area contributed by atoms with Gasteiger partial charge in [0.25, 0.3) is 5.91 Å². The molecule has 2 bridgehead atoms. The van der Waals surface area contributed by atoms with Crippen LogP contribution in [-0.4, -0.2) is 65.5 Å². The van der Waals surface area contributed by atoms with E-state index in [0.717, 1.165) is 16.7 Å². The van der Waals surface area contributed by atoms with E-state index in [1.54, 1.807) is 36.4 Å². The fourth-order valence-electron chi connectivity index (χ4n) is 6.61. The predicted molar refractivity (Wildman–Crippen MR) is 222 cm³/mol. The number of carbonyl (C=O) groups is 5. The minimum absolute atomic E-state index is 0.0108. The number of nitrogens with one attached hydrogen (secondary N) is 4. The smallest absolute Gasteiger partial charge is 0.326 e. The lowest BCUT2D eigenvalue weighted by Crippen LogP contribution is -2.59. The highest BCUT2D eigenvalue weighted by Crippen LogP contribution is 2.23. The van der Waals surface area contributed by atoms with Crippen molar-refractivity contribution in [2.45, 2.75) is 56.3 Å². The Kier molecular flexibility index (Phi) is 14.2. The van der Waals surface area contributed by atoms with E-state index in [1.165, 1.54) is 6.07 Å². The van der Waals surface area contributed by atoms with Crippen molar-refractivity contribution in [1.82, 2.24) is 21.3 Å². The second-order valence-corrected chi connectivity index (χ2v) is 14.9. The number of aryl methyl sites for hydroxylation is 1. The maximum absolute atomic E-state index is 14.4. The van der Waals surface area contributed by atoms with Crippen LogP contribution in [0.15, 0.2) is 127 Å². The molecule has 0 saturated heterocycles. The molecule has 13 heteroatoms. The van der Waals surface area contributed by atoms with E-state index >= 15 is 0 Å². The first-order valence-corrected chi connectivity index (χ1v) is 19.5. The minimum Gasteiger partial charge on any atom is -0.484 e. The second-order valence-electron chi connectivity index (χ2n) is 14.0. The van der Waals surface area contributed by atoms with Crippen LogP contribution < -0.4 is 26.0 Å². The molecule has 0 fully saturated rings. The topological polar surface area (TPSA) is 163 Å². The third-order valence-corrected chi connectivity index (χ3v) is 10.4. The lowest BCUT2D eigenvalue weighted by atomic mass is 9.98. The number of benzene rings is 5. The van der Waals surface area contributed by atoms with Gasteiger partial charge in [0.1, 0.15) is 29.9 Å². The van der Waals surface area contributed by atoms with Crippen molar-refractivity contribution in [3.63, 3.8) is 0 Å². The minimum atomic E-state index is -1.33. The van der Waals surface area contributed by atoms with E-state index < -0.39 is 60.4 Å². The van der Waals surface area contributed by atoms with Gasteiger partial charge in [0.15, 0.2) is 6.61 Å². The van der Waals surface area contributed by atoms with E-state index in [2.05, 4.69) is 21.3 Å². The average molecular weight is 822 g/mol. The number of fused-ring (bicyclic) bond motifs is 16. The summed E-state index contributed by atoms with van der Waals surface area (Å²) >= 11 is 12.6. The number of carboxylic acids is 1. The molecule has 0 aliphatic carbocycles. The molecular weight excluding hydrogens is 779 g/mol. The van der Waals surface area contributed by atoms with Gasteiger partial charge in [0, 0.05) is 29.3 Å². The highest BCUT2D eigenvalue weighted by Gasteiger charge is 2.32. The van der Waals surface area contributed by atoms with Crippen LogP contribution in [-0.2, 0) is 49.7 Å². The van der Waals surface area contributed by atoms with Gasteiger partial charge >= 0.3 is 5.97 Å². The van der Waals surface area contributed by atoms with E-state index in [0.29, 0.717) is 33.9 Å². The molecule has 58 heavy (non-hydrogen) atoms. The van der Waals surface area contributed by atoms with Gasteiger partial charge in [-0.25, -0.2) is 4.79 Å². The molecule has 0 saturated carbocycles. The molecule has 7 rings (SSSR count). The SMILES string of the molecule is O=C1COc2ccc(cc2)C[C@@H](C(=O)O)NC(=O)[C@H](CCc2ccccc2)NC(=O)[C@@H](Cc2ccc(-c3ccccc3)cc2)NC(=O)[C@H](Cc2ccc(Cl)cc2Cl)N1. The molecule has 0 aromatic heterocycles. The Morgan fingerprint density at radius 3 is 1.90 bits per heavy atom. The van der Waals surface area contributed by atoms with Crippen LogP contribution in [0.25, 0.3) is 11.1 Å². The van der Waals surface area contributed by atoms with E-state index in [4.69, 9.17) is 27.9 Å². The van der Waals surface area contributed by atoms with Crippen molar-refractivity contribution in [3.8, 4) is 16.9 Å². The third kappa shape index (κ3) is 11.7. The zero-order valence-electron chi connectivity index (χ0n) is 31.3. The Balaban J connectivity index is 1.35. The second kappa shape index (κ2) is 19.8. The number of aliphatic carboxylic acids is 1. The fourth-order valence-corrected chi connectivity index (χ4v) is 7.09. The number of halogens is 2. The molecule has 5 aromatic rings.